The highest BCUT2D eigenvalue weighted by Crippen LogP contribution is 2.69. The third-order valence-electron chi connectivity index (χ3n) is 29.1. The topological polar surface area (TPSA) is 740 Å². The molecule has 46 nitrogen and oxygen atoms in total. The van der Waals surface area contributed by atoms with Crippen LogP contribution >= 0.6 is 21.6 Å². The number of aromatic nitrogens is 5. The Morgan fingerprint density at radius 3 is 2.09 bits per heavy atom. The van der Waals surface area contributed by atoms with E-state index in [2.05, 4.69) is 50.7 Å². The minimum absolute atomic E-state index is 0.0200. The average molecular weight is 2000 g/mol. The summed E-state index contributed by atoms with van der Waals surface area (Å²) >= 11 is 0. The zero-order valence-electron chi connectivity index (χ0n) is 78.0. The van der Waals surface area contributed by atoms with Crippen molar-refractivity contribution in [3.05, 3.63) is 111 Å². The van der Waals surface area contributed by atoms with Gasteiger partial charge in [-0.1, -0.05) is 53.6 Å². The van der Waals surface area contributed by atoms with Gasteiger partial charge in [-0.15, -0.1) is 0 Å². The molecule has 48 heteroatoms. The van der Waals surface area contributed by atoms with Gasteiger partial charge in [-0.3, -0.25) is 53.1 Å². The molecule has 12 rings (SSSR count). The number of ether oxygens (including phenoxy) is 3. The van der Waals surface area contributed by atoms with Crippen LogP contribution in [0.4, 0.5) is 22.1 Å². The van der Waals surface area contributed by atoms with Gasteiger partial charge in [-0.2, -0.15) is 9.78 Å². The highest BCUT2D eigenvalue weighted by atomic mass is 33.1. The number of nitrogen functional groups attached to an aromatic ring is 1. The molecule has 25 atom stereocenters. The van der Waals surface area contributed by atoms with Gasteiger partial charge < -0.3 is 138 Å². The first kappa shape index (κ1) is 109. The Hall–Kier alpha value is -10.3. The van der Waals surface area contributed by atoms with Gasteiger partial charge in [0.1, 0.15) is 90.3 Å². The number of benzene rings is 3. The number of carbonyl (C=O) groups excluding carboxylic acids is 8. The van der Waals surface area contributed by atoms with Crippen LogP contribution < -0.4 is 42.2 Å². The number of Topliss-reactive ketones (excluding diaryl/α,β-unsaturated/α-hetero) is 3. The smallest absolute Gasteiger partial charge is 0.496 e. The molecule has 1 saturated carbocycles. The largest absolute Gasteiger partial charge is 0.631 e. The molecule has 4 fully saturated rings. The number of piperidine rings is 2. The van der Waals surface area contributed by atoms with Crippen molar-refractivity contribution in [2.75, 3.05) is 114 Å². The van der Waals surface area contributed by atoms with Crippen LogP contribution in [-0.4, -0.2) is 386 Å². The molecule has 140 heavy (non-hydrogen) atoms. The molecule has 26 N–H and O–H groups in total. The number of anilines is 3. The van der Waals surface area contributed by atoms with E-state index >= 15 is 9.59 Å². The number of methoxy groups -OCH3 is 2. The van der Waals surface area contributed by atoms with Crippen molar-refractivity contribution < 1.29 is 154 Å². The Morgan fingerprint density at radius 1 is 0.757 bits per heavy atom. The number of likely N-dealkylation sites (N-methyl/N-ethyl adjacent to an activating group) is 1. The molecule has 6 aliphatic rings. The summed E-state index contributed by atoms with van der Waals surface area (Å²) in [6.45, 7) is 2.54. The number of nitrogens with zero attached hydrogens (tertiary/aromatic N) is 7. The molecule has 3 aromatic carbocycles. The number of carboxylic acid groups (broad SMARTS) is 2. The van der Waals surface area contributed by atoms with Crippen molar-refractivity contribution in [2.45, 2.75) is 224 Å². The number of para-hydroxylation sites is 1. The van der Waals surface area contributed by atoms with Crippen LogP contribution in [0.3, 0.4) is 0 Å². The molecule has 5 aliphatic heterocycles. The highest BCUT2D eigenvalue weighted by Gasteiger charge is 2.82. The van der Waals surface area contributed by atoms with Gasteiger partial charge in [0.05, 0.1) is 98.9 Å². The maximum atomic E-state index is 15.7. The lowest BCUT2D eigenvalue weighted by atomic mass is 9.46. The molecule has 1 spiro atoms. The Labute approximate surface area is 810 Å². The van der Waals surface area contributed by atoms with Crippen molar-refractivity contribution in [1.29, 1.82) is 5.53 Å². The molecular weight excluding hydrogens is 1880 g/mol. The van der Waals surface area contributed by atoms with Gasteiger partial charge in [-0.25, -0.2) is 19.6 Å². The van der Waals surface area contributed by atoms with E-state index in [1.165, 1.54) is 44.7 Å². The second-order valence-electron chi connectivity index (χ2n) is 37.5. The van der Waals surface area contributed by atoms with E-state index in [1.54, 1.807) is 18.0 Å². The van der Waals surface area contributed by atoms with Gasteiger partial charge in [0.15, 0.2) is 16.9 Å². The number of carboxylic acids is 2. The molecular formula is C92H126N15O31S2+. The second-order valence-corrected chi connectivity index (χ2v) is 40.1. The fourth-order valence-electron chi connectivity index (χ4n) is 21.8. The number of amides is 4. The van der Waals surface area contributed by atoms with E-state index in [4.69, 9.17) is 19.9 Å². The number of nitrogens with one attached hydrogen (secondary N) is 7. The van der Waals surface area contributed by atoms with Crippen LogP contribution in [0.5, 0.6) is 5.75 Å². The molecule has 1 aliphatic carbocycles. The predicted molar refractivity (Wildman–Crippen MR) is 499 cm³/mol. The summed E-state index contributed by atoms with van der Waals surface area (Å²) in [6.07, 6.45) is -25.0. The maximum Gasteiger partial charge on any atom is 0.631 e. The normalized spacial score (nSPS) is 25.8. The number of nitrogens with two attached hydrogens (primary N) is 1. The van der Waals surface area contributed by atoms with E-state index in [0.717, 1.165) is 45.0 Å². The first-order valence-electron chi connectivity index (χ1n) is 46.3. The summed E-state index contributed by atoms with van der Waals surface area (Å²) in [5.41, 5.74) is 10.3. The summed E-state index contributed by atoms with van der Waals surface area (Å²) in [6, 6.07) is 9.23. The number of fused-ring (bicyclic) bond motifs is 7. The molecule has 3 saturated heterocycles. The maximum absolute atomic E-state index is 15.7. The standard InChI is InChI=1S/C92H125N15O31S2/c1-7-88(134)33-45-34-91(85(132)137-6,74-53(20-24-105(38-45)43-88)52-12-9-10-13-57(52)99-74)56-31-55-59(32-65(56)136-5)104(4)82-90(55)22-25-106-23-11-21-89(8-2,81(90)106)83(130)92(82,135)84(131)107(94)87(133)138-26-27-139-140-42-48(79(126)127)29-61(113)66(73(122)72(121)64(116)41-110)101-77(124)54(69(118)71(120)63(115)40-109)30-60(112)44(3)95-35-47(68(117)70(119)62(114)39-108)28-51(111)18-19-58(80(128)129)100-76(123)46-14-16-49(17-15-46)96-36-50-37-97-75-67(98-50)78(125)103-86(93)102-75/h9-10,12-17,31-32,37,44-45,47-48,54,58,62-64,66,68-73,81-83,94-95,99,108-110,114-122,130,134-135H,7-8,11,18-30,33-36,38-43H2,1-6H3,(H7-,93,96,97,100,101,102,103,123,124,125,126,127,128,129)/p+1/t44-,45+,47+,48-,54-,58-,62+,63+,64+,66+,68+,69+,70+,71+,72+,73+,81-,82+,83+,88-,89+,90+,91-,92-/m0/s1. The number of H-pyrrole nitrogens is 2. The number of aromatic amines is 2. The Balaban J connectivity index is 0.698. The number of esters is 1. The predicted octanol–water partition coefficient (Wildman–Crippen LogP) is -3.06. The van der Waals surface area contributed by atoms with Gasteiger partial charge in [0.2, 0.25) is 17.5 Å². The van der Waals surface area contributed by atoms with Crippen molar-refractivity contribution in [3.8, 4) is 5.75 Å². The minimum Gasteiger partial charge on any atom is -0.496 e. The fourth-order valence-corrected chi connectivity index (χ4v) is 23.9. The fraction of sp³-hybridized carbons (Fsp3) is 0.609. The van der Waals surface area contributed by atoms with Gasteiger partial charge in [-0.05, 0) is 137 Å². The van der Waals surface area contributed by atoms with E-state index in [9.17, 15) is 135 Å². The molecule has 6 aromatic rings. The Morgan fingerprint density at radius 2 is 1.44 bits per heavy atom. The van der Waals surface area contributed by atoms with Crippen molar-refractivity contribution >= 4 is 120 Å². The summed E-state index contributed by atoms with van der Waals surface area (Å²) < 4.78 is 17.7. The third-order valence-corrected chi connectivity index (χ3v) is 31.5. The SMILES string of the molecule is CC[C@]1(O)C[C@H]2CN(CCc3c([nH]c4ccccc34)[C@@](C(=O)OC)(c3cc4c(cc3OC)N(C)[C@H]3[C@@](O)(C(=O)[N+](=N)C(=O)OCCSSC[C@H](CC(=O)[C@@H](NC(=O)[C@@H](CC(=O)[C@H](C)NC[C@@H](CC(=O)CC[C@H](NC(=O)c5ccc(NCc6cnc7nc(N)[nH]c(=O)c7n6)cc5)C(=O)O)[C@@H](O)[C@H](O)[C@H](O)CO)[C@@H](O)[C@H](O)[C@H](O)CO)[C@@H](O)[C@H](O)[C@H](O)CO)C(=O)O)[C@H](O)[C@]5(CC)CCCN6CC[C@]43[C@@H]65)C2)C1. The number of aliphatic carboxylic acids is 2. The van der Waals surface area contributed by atoms with Crippen molar-refractivity contribution in [2.24, 2.45) is 29.1 Å². The number of rotatable bonds is 47. The quantitative estimate of drug-likeness (QED) is 0.00593. The second kappa shape index (κ2) is 45.5. The van der Waals surface area contributed by atoms with E-state index < -0.39 is 272 Å². The first-order chi connectivity index (χ1) is 66.4. The van der Waals surface area contributed by atoms with Crippen LogP contribution in [0.2, 0.25) is 0 Å². The van der Waals surface area contributed by atoms with Gasteiger partial charge in [0.25, 0.3) is 11.5 Å². The molecule has 8 heterocycles. The number of carbonyl (C=O) groups is 10. The number of aliphatic hydroxyl groups excluding tert-OH is 13. The monoisotopic (exact) mass is 2000 g/mol. The average Bonchev–Trinajstić information content (AvgIpc) is 1.47. The summed E-state index contributed by atoms with van der Waals surface area (Å²) in [5, 5.41) is 199. The first-order valence-corrected chi connectivity index (χ1v) is 48.8. The van der Waals surface area contributed by atoms with Gasteiger partial charge in [0, 0.05) is 138 Å². The lowest BCUT2D eigenvalue weighted by Gasteiger charge is -2.63. The Bertz CT molecular complexity index is 5610. The number of hydrogen-bond donors (Lipinski definition) is 25. The lowest BCUT2D eigenvalue weighted by Crippen LogP contribution is -2.82. The van der Waals surface area contributed by atoms with Crippen LogP contribution in [0.15, 0.2) is 71.7 Å². The summed E-state index contributed by atoms with van der Waals surface area (Å²) in [4.78, 5) is 179. The highest BCUT2D eigenvalue weighted by molar-refractivity contribution is 8.76. The third kappa shape index (κ3) is 21.8. The number of hydrogen-bond acceptors (Lipinski definition) is 41. The van der Waals surface area contributed by atoms with E-state index in [0.29, 0.717) is 98.7 Å². The van der Waals surface area contributed by atoms with E-state index in [-0.39, 0.29) is 70.6 Å². The molecule has 3 aromatic heterocycles. The zero-order valence-corrected chi connectivity index (χ0v) is 79.7. The number of ketones is 3. The summed E-state index contributed by atoms with van der Waals surface area (Å²) in [5.74, 6) is -18.0. The number of imide groups is 1. The van der Waals surface area contributed by atoms with Crippen LogP contribution in [0.25, 0.3) is 22.1 Å². The number of aliphatic hydroxyl groups is 15. The van der Waals surface area contributed by atoms with Crippen LogP contribution in [0.1, 0.15) is 136 Å². The minimum atomic E-state index is -2.97. The summed E-state index contributed by atoms with van der Waals surface area (Å²) in [7, 11) is 6.03. The molecule has 0 radical (unpaired) electrons. The molecule has 4 amide bonds. The molecule has 1 unspecified atom stereocenters. The Kier molecular flexibility index (Phi) is 35.3. The van der Waals surface area contributed by atoms with Gasteiger partial charge >= 0.3 is 29.9 Å². The van der Waals surface area contributed by atoms with Crippen LogP contribution in [0, 0.1) is 34.6 Å². The van der Waals surface area contributed by atoms with Crippen molar-refractivity contribution in [1.82, 2.24) is 50.7 Å². The van der Waals surface area contributed by atoms with E-state index in [1.807, 2.05) is 49.5 Å². The molecule has 2 bridgehead atoms. The van der Waals surface area contributed by atoms with Crippen LogP contribution in [-0.2, 0) is 71.6 Å². The lowest BCUT2D eigenvalue weighted by molar-refractivity contribution is -0.475. The molecule has 766 valence electrons. The van der Waals surface area contributed by atoms with Crippen molar-refractivity contribution in [3.63, 3.8) is 0 Å². The zero-order chi connectivity index (χ0) is 102.